The van der Waals surface area contributed by atoms with Crippen molar-refractivity contribution in [2.24, 2.45) is 28.2 Å². The molecule has 0 amide bonds. The molecule has 0 aromatic carbocycles. The maximum atomic E-state index is 5.43. The van der Waals surface area contributed by atoms with Gasteiger partial charge in [0.05, 0.1) is 0 Å². The molecular weight excluding hydrogens is 160 g/mol. The van der Waals surface area contributed by atoms with Gasteiger partial charge in [0, 0.05) is 11.1 Å². The Morgan fingerprint density at radius 3 is 2.92 bits per heavy atom. The van der Waals surface area contributed by atoms with E-state index in [1.807, 2.05) is 0 Å². The molecule has 2 saturated carbocycles. The van der Waals surface area contributed by atoms with E-state index in [0.717, 1.165) is 12.3 Å². The fourth-order valence-electron chi connectivity index (χ4n) is 2.62. The third-order valence-corrected chi connectivity index (χ3v) is 3.93. The van der Waals surface area contributed by atoms with Crippen LogP contribution < -0.4 is 5.84 Å². The molecule has 2 fully saturated rings. The first kappa shape index (κ1) is 8.79. The van der Waals surface area contributed by atoms with Crippen LogP contribution in [0.25, 0.3) is 0 Å². The molecular formula is C11H18N2. The van der Waals surface area contributed by atoms with Crippen molar-refractivity contribution in [1.29, 1.82) is 0 Å². The van der Waals surface area contributed by atoms with Gasteiger partial charge in [-0.25, -0.2) is 0 Å². The Hall–Kier alpha value is -0.790. The van der Waals surface area contributed by atoms with Gasteiger partial charge in [0.1, 0.15) is 0 Å². The van der Waals surface area contributed by atoms with Gasteiger partial charge in [-0.3, -0.25) is 0 Å². The van der Waals surface area contributed by atoms with Crippen molar-refractivity contribution < 1.29 is 0 Å². The van der Waals surface area contributed by atoms with Crippen molar-refractivity contribution in [1.82, 2.24) is 0 Å². The Morgan fingerprint density at radius 2 is 2.38 bits per heavy atom. The zero-order valence-electron chi connectivity index (χ0n) is 8.51. The SMILES string of the molecule is C=C(C)[C@H]1C/C(=N\N)[C@]2(C)C[C@@H]2C1. The van der Waals surface area contributed by atoms with Gasteiger partial charge in [0.15, 0.2) is 0 Å². The van der Waals surface area contributed by atoms with Crippen LogP contribution in [0, 0.1) is 17.3 Å². The van der Waals surface area contributed by atoms with E-state index in [0.29, 0.717) is 11.3 Å². The van der Waals surface area contributed by atoms with Gasteiger partial charge < -0.3 is 5.84 Å². The summed E-state index contributed by atoms with van der Waals surface area (Å²) in [5.74, 6) is 6.88. The Labute approximate surface area is 79.9 Å². The van der Waals surface area contributed by atoms with Crippen molar-refractivity contribution in [2.45, 2.75) is 33.1 Å². The fourth-order valence-corrected chi connectivity index (χ4v) is 2.62. The molecule has 0 aliphatic heterocycles. The lowest BCUT2D eigenvalue weighted by molar-refractivity contribution is 0.450. The van der Waals surface area contributed by atoms with Gasteiger partial charge in [-0.2, -0.15) is 5.10 Å². The van der Waals surface area contributed by atoms with Crippen molar-refractivity contribution in [3.8, 4) is 0 Å². The first-order valence-electron chi connectivity index (χ1n) is 5.00. The van der Waals surface area contributed by atoms with Gasteiger partial charge in [-0.1, -0.05) is 19.1 Å². The summed E-state index contributed by atoms with van der Waals surface area (Å²) in [5.41, 5.74) is 2.87. The molecule has 0 heterocycles. The highest BCUT2D eigenvalue weighted by Crippen LogP contribution is 2.61. The predicted octanol–water partition coefficient (Wildman–Crippen LogP) is 2.31. The van der Waals surface area contributed by atoms with Gasteiger partial charge in [0.25, 0.3) is 0 Å². The van der Waals surface area contributed by atoms with E-state index in [9.17, 15) is 0 Å². The molecule has 72 valence electrons. The number of hydrogen-bond donors (Lipinski definition) is 1. The third kappa shape index (κ3) is 1.19. The molecule has 0 spiro atoms. The largest absolute Gasteiger partial charge is 0.323 e. The zero-order chi connectivity index (χ0) is 9.64. The number of nitrogens with zero attached hydrogens (tertiary/aromatic N) is 1. The smallest absolute Gasteiger partial charge is 0.0443 e. The summed E-state index contributed by atoms with van der Waals surface area (Å²) in [6.07, 6.45) is 3.62. The Morgan fingerprint density at radius 1 is 1.69 bits per heavy atom. The summed E-state index contributed by atoms with van der Waals surface area (Å²) in [4.78, 5) is 0. The maximum Gasteiger partial charge on any atom is 0.0443 e. The molecule has 2 aliphatic rings. The number of hydrazone groups is 1. The minimum absolute atomic E-state index is 0.362. The predicted molar refractivity (Wildman–Crippen MR) is 55.4 cm³/mol. The van der Waals surface area contributed by atoms with Gasteiger partial charge >= 0.3 is 0 Å². The van der Waals surface area contributed by atoms with Crippen molar-refractivity contribution >= 4 is 5.71 Å². The number of hydrogen-bond acceptors (Lipinski definition) is 2. The highest BCUT2D eigenvalue weighted by Gasteiger charge is 2.57. The lowest BCUT2D eigenvalue weighted by Gasteiger charge is -2.27. The van der Waals surface area contributed by atoms with Crippen molar-refractivity contribution in [3.05, 3.63) is 12.2 Å². The summed E-state index contributed by atoms with van der Waals surface area (Å²) >= 11 is 0. The number of nitrogens with two attached hydrogens (primary N) is 1. The lowest BCUT2D eigenvalue weighted by Crippen LogP contribution is -2.26. The highest BCUT2D eigenvalue weighted by atomic mass is 15.1. The zero-order valence-corrected chi connectivity index (χ0v) is 8.51. The Balaban J connectivity index is 2.17. The van der Waals surface area contributed by atoms with Crippen LogP contribution in [0.1, 0.15) is 33.1 Å². The topological polar surface area (TPSA) is 38.4 Å². The summed E-state index contributed by atoms with van der Waals surface area (Å²) in [5, 5.41) is 3.95. The van der Waals surface area contributed by atoms with Crippen LogP contribution in [-0.4, -0.2) is 5.71 Å². The third-order valence-electron chi connectivity index (χ3n) is 3.93. The van der Waals surface area contributed by atoms with Crippen LogP contribution in [0.15, 0.2) is 17.3 Å². The molecule has 2 nitrogen and oxygen atoms in total. The van der Waals surface area contributed by atoms with E-state index in [4.69, 9.17) is 5.84 Å². The van der Waals surface area contributed by atoms with Crippen LogP contribution in [-0.2, 0) is 0 Å². The summed E-state index contributed by atoms with van der Waals surface area (Å²) in [7, 11) is 0. The normalized spacial score (nSPS) is 45.8. The summed E-state index contributed by atoms with van der Waals surface area (Å²) < 4.78 is 0. The minimum Gasteiger partial charge on any atom is -0.323 e. The molecule has 2 aliphatic carbocycles. The van der Waals surface area contributed by atoms with Gasteiger partial charge in [-0.15, -0.1) is 0 Å². The van der Waals surface area contributed by atoms with Gasteiger partial charge in [-0.05, 0) is 38.0 Å². The second-order valence-corrected chi connectivity index (χ2v) is 4.88. The molecule has 0 radical (unpaired) electrons. The maximum absolute atomic E-state index is 5.43. The van der Waals surface area contributed by atoms with Crippen molar-refractivity contribution in [3.63, 3.8) is 0 Å². The van der Waals surface area contributed by atoms with Crippen LogP contribution >= 0.6 is 0 Å². The van der Waals surface area contributed by atoms with Crippen LogP contribution in [0.5, 0.6) is 0 Å². The lowest BCUT2D eigenvalue weighted by atomic mass is 9.78. The number of rotatable bonds is 1. The molecule has 0 aromatic heterocycles. The second-order valence-electron chi connectivity index (χ2n) is 4.88. The summed E-state index contributed by atoms with van der Waals surface area (Å²) in [6, 6.07) is 0. The summed E-state index contributed by atoms with van der Waals surface area (Å²) in [6.45, 7) is 8.43. The first-order chi connectivity index (χ1) is 6.08. The molecule has 0 bridgehead atoms. The van der Waals surface area contributed by atoms with E-state index >= 15 is 0 Å². The molecule has 2 heteroatoms. The molecule has 2 rings (SSSR count). The monoisotopic (exact) mass is 178 g/mol. The van der Waals surface area contributed by atoms with E-state index in [-0.39, 0.29) is 0 Å². The molecule has 0 aromatic rings. The van der Waals surface area contributed by atoms with Crippen molar-refractivity contribution in [2.75, 3.05) is 0 Å². The molecule has 2 N–H and O–H groups in total. The van der Waals surface area contributed by atoms with Gasteiger partial charge in [0.2, 0.25) is 0 Å². The van der Waals surface area contributed by atoms with Crippen LogP contribution in [0.4, 0.5) is 0 Å². The quantitative estimate of drug-likeness (QED) is 0.373. The number of allylic oxidation sites excluding steroid dienone is 1. The number of fused-ring (bicyclic) bond motifs is 1. The minimum atomic E-state index is 0.362. The van der Waals surface area contributed by atoms with E-state index < -0.39 is 0 Å². The van der Waals surface area contributed by atoms with Crippen LogP contribution in [0.2, 0.25) is 0 Å². The Kier molecular flexibility index (Phi) is 1.76. The van der Waals surface area contributed by atoms with E-state index in [1.54, 1.807) is 0 Å². The first-order valence-corrected chi connectivity index (χ1v) is 5.00. The average molecular weight is 178 g/mol. The molecule has 13 heavy (non-hydrogen) atoms. The van der Waals surface area contributed by atoms with E-state index in [2.05, 4.69) is 25.5 Å². The standard InChI is InChI=1S/C11H18N2/c1-7(2)8-4-9-6-11(9,3)10(5-8)13-12/h8-9H,1,4-6,12H2,2-3H3/b13-10+/t8-,9+,11-/m1/s1. The molecule has 0 saturated heterocycles. The van der Waals surface area contributed by atoms with Crippen LogP contribution in [0.3, 0.4) is 0 Å². The second kappa shape index (κ2) is 2.60. The fraction of sp³-hybridized carbons (Fsp3) is 0.727. The van der Waals surface area contributed by atoms with E-state index in [1.165, 1.54) is 24.1 Å². The highest BCUT2D eigenvalue weighted by molar-refractivity contribution is 5.93. The Bertz CT molecular complexity index is 280. The molecule has 3 atom stereocenters. The molecule has 0 unspecified atom stereocenters. The average Bonchev–Trinajstić information content (AvgIpc) is 2.74.